The van der Waals surface area contributed by atoms with Crippen molar-refractivity contribution in [1.29, 1.82) is 0 Å². The van der Waals surface area contributed by atoms with Crippen molar-refractivity contribution in [3.8, 4) is 0 Å². The van der Waals surface area contributed by atoms with Gasteiger partial charge in [0, 0.05) is 16.5 Å². The fourth-order valence-electron chi connectivity index (χ4n) is 2.73. The lowest BCUT2D eigenvalue weighted by atomic mass is 10.0. The van der Waals surface area contributed by atoms with Gasteiger partial charge in [0.15, 0.2) is 10.3 Å². The molecule has 3 aromatic heterocycles. The number of rotatable bonds is 5. The van der Waals surface area contributed by atoms with E-state index in [1.54, 1.807) is 17.5 Å². The van der Waals surface area contributed by atoms with Gasteiger partial charge in [-0.1, -0.05) is 6.07 Å². The molecule has 8 heteroatoms. The van der Waals surface area contributed by atoms with E-state index in [0.29, 0.717) is 5.13 Å². The number of anilines is 3. The number of carbonyl (C=O) groups is 1. The number of aryl methyl sites for hydroxylation is 2. The van der Waals surface area contributed by atoms with Gasteiger partial charge in [-0.3, -0.25) is 4.79 Å². The van der Waals surface area contributed by atoms with Crippen LogP contribution >= 0.6 is 22.7 Å². The zero-order chi connectivity index (χ0) is 17.1. The molecule has 25 heavy (non-hydrogen) atoms. The van der Waals surface area contributed by atoms with Crippen LogP contribution in [0.1, 0.15) is 29.1 Å². The molecule has 0 saturated carbocycles. The van der Waals surface area contributed by atoms with E-state index >= 15 is 0 Å². The van der Waals surface area contributed by atoms with Crippen LogP contribution in [0.5, 0.6) is 0 Å². The Hall–Kier alpha value is -2.32. The second-order valence-electron chi connectivity index (χ2n) is 5.80. The molecule has 0 aromatic carbocycles. The maximum absolute atomic E-state index is 12.2. The first-order valence-electron chi connectivity index (χ1n) is 8.17. The summed E-state index contributed by atoms with van der Waals surface area (Å²) in [4.78, 5) is 26.8. The standard InChI is InChI=1S/C17H17N5OS2/c23-15(22-17-20-12-5-1-2-6-13(12)25-17)9-11-10-24-16(19-11)21-14-7-3-4-8-18-14/h3-4,7-8,10H,1-2,5-6,9H2,(H,18,19,21)(H,20,22,23). The van der Waals surface area contributed by atoms with Crippen LogP contribution in [0.3, 0.4) is 0 Å². The largest absolute Gasteiger partial charge is 0.316 e. The van der Waals surface area contributed by atoms with Gasteiger partial charge < -0.3 is 10.6 Å². The predicted octanol–water partition coefficient (Wildman–Crippen LogP) is 3.80. The van der Waals surface area contributed by atoms with Crippen molar-refractivity contribution < 1.29 is 4.79 Å². The molecule has 1 aliphatic carbocycles. The number of aromatic nitrogens is 3. The Bertz CT molecular complexity index is 851. The van der Waals surface area contributed by atoms with E-state index in [0.717, 1.165) is 35.2 Å². The molecule has 1 aliphatic rings. The van der Waals surface area contributed by atoms with Crippen molar-refractivity contribution in [2.45, 2.75) is 32.1 Å². The number of carbonyl (C=O) groups excluding carboxylic acids is 1. The van der Waals surface area contributed by atoms with Crippen molar-refractivity contribution in [2.24, 2.45) is 0 Å². The molecule has 0 radical (unpaired) electrons. The van der Waals surface area contributed by atoms with Crippen LogP contribution in [0.25, 0.3) is 0 Å². The quantitative estimate of drug-likeness (QED) is 0.713. The summed E-state index contributed by atoms with van der Waals surface area (Å²) in [7, 11) is 0. The Morgan fingerprint density at radius 2 is 2.08 bits per heavy atom. The average molecular weight is 371 g/mol. The molecule has 6 nitrogen and oxygen atoms in total. The first-order valence-corrected chi connectivity index (χ1v) is 9.87. The Kier molecular flexibility index (Phi) is 4.71. The van der Waals surface area contributed by atoms with Crippen molar-refractivity contribution in [2.75, 3.05) is 10.6 Å². The smallest absolute Gasteiger partial charge is 0.232 e. The normalized spacial score (nSPS) is 13.3. The molecule has 128 valence electrons. The third-order valence-corrected chi connectivity index (χ3v) is 5.76. The second-order valence-corrected chi connectivity index (χ2v) is 7.75. The number of nitrogens with zero attached hydrogens (tertiary/aromatic N) is 3. The molecule has 1 amide bonds. The summed E-state index contributed by atoms with van der Waals surface area (Å²) in [5.74, 6) is 0.655. The number of pyridine rings is 1. The second kappa shape index (κ2) is 7.28. The van der Waals surface area contributed by atoms with Crippen LogP contribution < -0.4 is 10.6 Å². The van der Waals surface area contributed by atoms with Gasteiger partial charge in [0.1, 0.15) is 5.82 Å². The van der Waals surface area contributed by atoms with Crippen LogP contribution in [0.4, 0.5) is 16.1 Å². The summed E-state index contributed by atoms with van der Waals surface area (Å²) in [6.45, 7) is 0. The number of fused-ring (bicyclic) bond motifs is 1. The number of hydrogen-bond donors (Lipinski definition) is 2. The van der Waals surface area contributed by atoms with Crippen molar-refractivity contribution in [3.05, 3.63) is 46.0 Å². The lowest BCUT2D eigenvalue weighted by molar-refractivity contribution is -0.115. The zero-order valence-electron chi connectivity index (χ0n) is 13.5. The van der Waals surface area contributed by atoms with E-state index in [1.165, 1.54) is 29.1 Å². The van der Waals surface area contributed by atoms with Gasteiger partial charge in [-0.25, -0.2) is 15.0 Å². The van der Waals surface area contributed by atoms with Gasteiger partial charge in [0.05, 0.1) is 17.8 Å². The van der Waals surface area contributed by atoms with E-state index in [4.69, 9.17) is 0 Å². The average Bonchev–Trinajstić information content (AvgIpc) is 3.21. The summed E-state index contributed by atoms with van der Waals surface area (Å²) in [6, 6.07) is 5.64. The van der Waals surface area contributed by atoms with Gasteiger partial charge in [-0.15, -0.1) is 22.7 Å². The van der Waals surface area contributed by atoms with E-state index in [2.05, 4.69) is 25.6 Å². The van der Waals surface area contributed by atoms with Crippen LogP contribution in [-0.2, 0) is 24.1 Å². The Morgan fingerprint density at radius 3 is 2.92 bits per heavy atom. The number of nitrogens with one attached hydrogen (secondary N) is 2. The predicted molar refractivity (Wildman–Crippen MR) is 101 cm³/mol. The van der Waals surface area contributed by atoms with Crippen molar-refractivity contribution in [1.82, 2.24) is 15.0 Å². The van der Waals surface area contributed by atoms with E-state index in [-0.39, 0.29) is 12.3 Å². The first-order chi connectivity index (χ1) is 12.3. The van der Waals surface area contributed by atoms with E-state index in [1.807, 2.05) is 23.6 Å². The van der Waals surface area contributed by atoms with Crippen LogP contribution in [0, 0.1) is 0 Å². The number of hydrogen-bond acceptors (Lipinski definition) is 7. The summed E-state index contributed by atoms with van der Waals surface area (Å²) in [5.41, 5.74) is 1.89. The Morgan fingerprint density at radius 1 is 1.16 bits per heavy atom. The number of amides is 1. The molecule has 0 aliphatic heterocycles. The highest BCUT2D eigenvalue weighted by Crippen LogP contribution is 2.29. The summed E-state index contributed by atoms with van der Waals surface area (Å²) < 4.78 is 0. The summed E-state index contributed by atoms with van der Waals surface area (Å²) in [6.07, 6.45) is 6.47. The minimum absolute atomic E-state index is 0.0826. The van der Waals surface area contributed by atoms with Gasteiger partial charge in [0.2, 0.25) is 5.91 Å². The monoisotopic (exact) mass is 371 g/mol. The minimum atomic E-state index is -0.0826. The molecule has 0 spiro atoms. The molecular weight excluding hydrogens is 354 g/mol. The molecule has 0 bridgehead atoms. The topological polar surface area (TPSA) is 79.8 Å². The molecule has 3 aromatic rings. The number of thiazole rings is 2. The summed E-state index contributed by atoms with van der Waals surface area (Å²) >= 11 is 3.06. The van der Waals surface area contributed by atoms with Gasteiger partial charge in [-0.2, -0.15) is 0 Å². The highest BCUT2D eigenvalue weighted by molar-refractivity contribution is 7.16. The van der Waals surface area contributed by atoms with Gasteiger partial charge in [0.25, 0.3) is 0 Å². The van der Waals surface area contributed by atoms with Crippen LogP contribution in [-0.4, -0.2) is 20.9 Å². The molecule has 0 atom stereocenters. The highest BCUT2D eigenvalue weighted by Gasteiger charge is 2.17. The molecule has 0 saturated heterocycles. The Labute approximate surface area is 153 Å². The molecule has 2 N–H and O–H groups in total. The van der Waals surface area contributed by atoms with Crippen LogP contribution in [0.2, 0.25) is 0 Å². The maximum atomic E-state index is 12.2. The lowest BCUT2D eigenvalue weighted by Gasteiger charge is -2.06. The summed E-state index contributed by atoms with van der Waals surface area (Å²) in [5, 5.41) is 9.36. The SMILES string of the molecule is O=C(Cc1csc(Nc2ccccn2)n1)Nc1nc2c(s1)CCCC2. The molecular formula is C17H17N5OS2. The molecule has 4 rings (SSSR count). The molecule has 0 fully saturated rings. The fourth-order valence-corrected chi connectivity index (χ4v) is 4.51. The minimum Gasteiger partial charge on any atom is -0.316 e. The maximum Gasteiger partial charge on any atom is 0.232 e. The molecule has 0 unspecified atom stereocenters. The highest BCUT2D eigenvalue weighted by atomic mass is 32.1. The lowest BCUT2D eigenvalue weighted by Crippen LogP contribution is -2.14. The Balaban J connectivity index is 1.35. The third-order valence-electron chi connectivity index (χ3n) is 3.89. The third kappa shape index (κ3) is 4.02. The van der Waals surface area contributed by atoms with Crippen molar-refractivity contribution >= 4 is 44.7 Å². The zero-order valence-corrected chi connectivity index (χ0v) is 15.1. The fraction of sp³-hybridized carbons (Fsp3) is 0.294. The van der Waals surface area contributed by atoms with E-state index < -0.39 is 0 Å². The van der Waals surface area contributed by atoms with E-state index in [9.17, 15) is 4.79 Å². The molecule has 3 heterocycles. The first kappa shape index (κ1) is 16.2. The van der Waals surface area contributed by atoms with Crippen LogP contribution in [0.15, 0.2) is 29.8 Å². The van der Waals surface area contributed by atoms with Gasteiger partial charge in [-0.05, 0) is 37.8 Å². The van der Waals surface area contributed by atoms with Gasteiger partial charge >= 0.3 is 0 Å². The van der Waals surface area contributed by atoms with Crippen molar-refractivity contribution in [3.63, 3.8) is 0 Å².